The SMILES string of the molecule is C[C@H](OC(=O)C1CCN(C(=O)C(C)(C)C)CC1)C(=O)Nc1ccc(Cl)cc1F. The van der Waals surface area contributed by atoms with Crippen LogP contribution in [0.5, 0.6) is 0 Å². The van der Waals surface area contributed by atoms with Gasteiger partial charge in [-0.15, -0.1) is 0 Å². The molecule has 1 heterocycles. The molecule has 1 aliphatic rings. The van der Waals surface area contributed by atoms with Crippen molar-refractivity contribution in [3.05, 3.63) is 29.0 Å². The zero-order valence-corrected chi connectivity index (χ0v) is 17.3. The maximum absolute atomic E-state index is 13.8. The molecule has 0 bridgehead atoms. The summed E-state index contributed by atoms with van der Waals surface area (Å²) >= 11 is 5.68. The first kappa shape index (κ1) is 22.1. The number of ether oxygens (including phenoxy) is 1. The summed E-state index contributed by atoms with van der Waals surface area (Å²) in [6, 6.07) is 3.87. The molecule has 1 aromatic rings. The fourth-order valence-electron chi connectivity index (χ4n) is 2.94. The van der Waals surface area contributed by atoms with Crippen LogP contribution >= 0.6 is 11.6 Å². The highest BCUT2D eigenvalue weighted by Gasteiger charge is 2.34. The molecule has 8 heteroatoms. The number of nitrogens with one attached hydrogen (secondary N) is 1. The second kappa shape index (κ2) is 8.90. The third-order valence-electron chi connectivity index (χ3n) is 4.61. The summed E-state index contributed by atoms with van der Waals surface area (Å²) in [7, 11) is 0. The molecule has 0 aliphatic carbocycles. The van der Waals surface area contributed by atoms with Crippen LogP contribution in [0.25, 0.3) is 0 Å². The van der Waals surface area contributed by atoms with Gasteiger partial charge in [-0.25, -0.2) is 4.39 Å². The lowest BCUT2D eigenvalue weighted by Crippen LogP contribution is -2.45. The topological polar surface area (TPSA) is 75.7 Å². The van der Waals surface area contributed by atoms with Crippen LogP contribution in [0, 0.1) is 17.2 Å². The van der Waals surface area contributed by atoms with E-state index in [4.69, 9.17) is 16.3 Å². The summed E-state index contributed by atoms with van der Waals surface area (Å²) in [5, 5.41) is 2.60. The van der Waals surface area contributed by atoms with Gasteiger partial charge < -0.3 is 15.0 Å². The van der Waals surface area contributed by atoms with E-state index in [1.807, 2.05) is 20.8 Å². The molecule has 6 nitrogen and oxygen atoms in total. The van der Waals surface area contributed by atoms with Crippen LogP contribution in [0.15, 0.2) is 18.2 Å². The van der Waals surface area contributed by atoms with E-state index in [0.717, 1.165) is 6.07 Å². The van der Waals surface area contributed by atoms with Crippen molar-refractivity contribution in [1.29, 1.82) is 0 Å². The molecule has 0 saturated carbocycles. The van der Waals surface area contributed by atoms with E-state index in [-0.39, 0.29) is 22.5 Å². The third-order valence-corrected chi connectivity index (χ3v) is 4.84. The Labute approximate surface area is 169 Å². The van der Waals surface area contributed by atoms with Gasteiger partial charge in [0.2, 0.25) is 5.91 Å². The Morgan fingerprint density at radius 2 is 1.86 bits per heavy atom. The van der Waals surface area contributed by atoms with Crippen LogP contribution in [0.2, 0.25) is 5.02 Å². The van der Waals surface area contributed by atoms with Crippen molar-refractivity contribution >= 4 is 35.1 Å². The van der Waals surface area contributed by atoms with Gasteiger partial charge in [0.05, 0.1) is 11.6 Å². The van der Waals surface area contributed by atoms with Gasteiger partial charge in [0.1, 0.15) is 5.82 Å². The van der Waals surface area contributed by atoms with Gasteiger partial charge in [0.15, 0.2) is 6.10 Å². The second-order valence-corrected chi connectivity index (χ2v) is 8.45. The van der Waals surface area contributed by atoms with Crippen LogP contribution < -0.4 is 5.32 Å². The van der Waals surface area contributed by atoms with Crippen LogP contribution in [0.4, 0.5) is 10.1 Å². The van der Waals surface area contributed by atoms with Gasteiger partial charge in [-0.2, -0.15) is 0 Å². The first-order valence-corrected chi connectivity index (χ1v) is 9.62. The number of piperidine rings is 1. The molecular formula is C20H26ClFN2O4. The zero-order valence-electron chi connectivity index (χ0n) is 16.6. The number of amides is 2. The molecule has 0 spiro atoms. The number of anilines is 1. The summed E-state index contributed by atoms with van der Waals surface area (Å²) in [5.74, 6) is -2.10. The van der Waals surface area contributed by atoms with E-state index in [1.165, 1.54) is 19.1 Å². The number of hydrogen-bond donors (Lipinski definition) is 1. The molecule has 1 atom stereocenters. The first-order chi connectivity index (χ1) is 13.0. The fraction of sp³-hybridized carbons (Fsp3) is 0.550. The van der Waals surface area contributed by atoms with E-state index in [1.54, 1.807) is 4.90 Å². The molecule has 1 fully saturated rings. The molecule has 1 aromatic carbocycles. The number of rotatable bonds is 4. The Morgan fingerprint density at radius 1 is 1.25 bits per heavy atom. The quantitative estimate of drug-likeness (QED) is 0.766. The molecule has 0 radical (unpaired) electrons. The Kier molecular flexibility index (Phi) is 7.04. The van der Waals surface area contributed by atoms with E-state index in [9.17, 15) is 18.8 Å². The van der Waals surface area contributed by atoms with Crippen LogP contribution in [-0.2, 0) is 19.1 Å². The minimum Gasteiger partial charge on any atom is -0.452 e. The second-order valence-electron chi connectivity index (χ2n) is 8.01. The van der Waals surface area contributed by atoms with Crippen molar-refractivity contribution in [3.8, 4) is 0 Å². The van der Waals surface area contributed by atoms with Gasteiger partial charge in [0.25, 0.3) is 5.91 Å². The summed E-state index contributed by atoms with van der Waals surface area (Å²) in [6.07, 6.45) is -0.0986. The van der Waals surface area contributed by atoms with E-state index < -0.39 is 29.2 Å². The highest BCUT2D eigenvalue weighted by atomic mass is 35.5. The number of nitrogens with zero attached hydrogens (tertiary/aromatic N) is 1. The van der Waals surface area contributed by atoms with Crippen LogP contribution in [0.1, 0.15) is 40.5 Å². The Morgan fingerprint density at radius 3 is 2.39 bits per heavy atom. The lowest BCUT2D eigenvalue weighted by molar-refractivity contribution is -0.160. The minimum atomic E-state index is -1.07. The van der Waals surface area contributed by atoms with Crippen LogP contribution in [0.3, 0.4) is 0 Å². The zero-order chi connectivity index (χ0) is 21.1. The van der Waals surface area contributed by atoms with Crippen molar-refractivity contribution in [3.63, 3.8) is 0 Å². The highest BCUT2D eigenvalue weighted by molar-refractivity contribution is 6.30. The predicted octanol–water partition coefficient (Wildman–Crippen LogP) is 3.63. The lowest BCUT2D eigenvalue weighted by Gasteiger charge is -2.35. The lowest BCUT2D eigenvalue weighted by atomic mass is 9.91. The van der Waals surface area contributed by atoms with Gasteiger partial charge in [-0.1, -0.05) is 32.4 Å². The molecule has 0 aromatic heterocycles. The van der Waals surface area contributed by atoms with Crippen LogP contribution in [-0.4, -0.2) is 41.9 Å². The molecule has 28 heavy (non-hydrogen) atoms. The van der Waals surface area contributed by atoms with E-state index >= 15 is 0 Å². The number of esters is 1. The molecular weight excluding hydrogens is 387 g/mol. The normalized spacial score (nSPS) is 16.4. The smallest absolute Gasteiger partial charge is 0.309 e. The Hall–Kier alpha value is -2.15. The molecule has 1 saturated heterocycles. The molecule has 0 unspecified atom stereocenters. The largest absolute Gasteiger partial charge is 0.452 e. The number of hydrogen-bond acceptors (Lipinski definition) is 4. The Bertz CT molecular complexity index is 755. The van der Waals surface area contributed by atoms with Gasteiger partial charge >= 0.3 is 5.97 Å². The van der Waals surface area contributed by atoms with Crippen molar-refractivity contribution in [2.45, 2.75) is 46.6 Å². The van der Waals surface area contributed by atoms with Crippen molar-refractivity contribution < 1.29 is 23.5 Å². The van der Waals surface area contributed by atoms with Crippen molar-refractivity contribution in [2.24, 2.45) is 11.3 Å². The fourth-order valence-corrected chi connectivity index (χ4v) is 3.10. The number of benzene rings is 1. The molecule has 154 valence electrons. The maximum atomic E-state index is 13.8. The predicted molar refractivity (Wildman–Crippen MR) is 104 cm³/mol. The number of carbonyl (C=O) groups is 3. The molecule has 2 rings (SSSR count). The minimum absolute atomic E-state index is 0.0358. The number of halogens is 2. The molecule has 1 N–H and O–H groups in total. The van der Waals surface area contributed by atoms with E-state index in [2.05, 4.69) is 5.32 Å². The first-order valence-electron chi connectivity index (χ1n) is 9.25. The summed E-state index contributed by atoms with van der Waals surface area (Å²) in [4.78, 5) is 38.6. The average molecular weight is 413 g/mol. The highest BCUT2D eigenvalue weighted by Crippen LogP contribution is 2.25. The maximum Gasteiger partial charge on any atom is 0.309 e. The van der Waals surface area contributed by atoms with Gasteiger partial charge in [-0.05, 0) is 38.0 Å². The van der Waals surface area contributed by atoms with Gasteiger partial charge in [-0.3, -0.25) is 14.4 Å². The molecule has 1 aliphatic heterocycles. The monoisotopic (exact) mass is 412 g/mol. The third kappa shape index (κ3) is 5.67. The molecule has 2 amide bonds. The summed E-state index contributed by atoms with van der Waals surface area (Å²) < 4.78 is 19.0. The van der Waals surface area contributed by atoms with E-state index in [0.29, 0.717) is 25.9 Å². The standard InChI is InChI=1S/C20H26ClFN2O4/c1-12(17(25)23-16-6-5-14(21)11-15(16)22)28-18(26)13-7-9-24(10-8-13)19(27)20(2,3)4/h5-6,11-13H,7-10H2,1-4H3,(H,23,25)/t12-/m0/s1. The number of likely N-dealkylation sites (tertiary alicyclic amines) is 1. The number of carbonyl (C=O) groups excluding carboxylic acids is 3. The Balaban J connectivity index is 1.85. The summed E-state index contributed by atoms with van der Waals surface area (Å²) in [6.45, 7) is 7.97. The summed E-state index contributed by atoms with van der Waals surface area (Å²) in [5.41, 5.74) is -0.497. The van der Waals surface area contributed by atoms with Gasteiger partial charge in [0, 0.05) is 23.5 Å². The van der Waals surface area contributed by atoms with Crippen molar-refractivity contribution in [2.75, 3.05) is 18.4 Å². The average Bonchev–Trinajstić information content (AvgIpc) is 2.62. The van der Waals surface area contributed by atoms with Crippen molar-refractivity contribution in [1.82, 2.24) is 4.90 Å².